The number of thioether (sulfide) groups is 1. The molecule has 1 aromatic rings. The molecule has 0 aromatic heterocycles. The molecule has 1 unspecified atom stereocenters. The summed E-state index contributed by atoms with van der Waals surface area (Å²) in [6.07, 6.45) is 1.97. The van der Waals surface area contributed by atoms with Crippen LogP contribution in [0.25, 0.3) is 0 Å². The molecule has 0 fully saturated rings. The predicted molar refractivity (Wildman–Crippen MR) is 83.6 cm³/mol. The van der Waals surface area contributed by atoms with Crippen molar-refractivity contribution in [1.29, 1.82) is 0 Å². The van der Waals surface area contributed by atoms with E-state index in [1.54, 1.807) is 11.8 Å². The molecule has 0 amide bonds. The molecule has 0 aliphatic carbocycles. The van der Waals surface area contributed by atoms with Crippen LogP contribution >= 0.6 is 35.0 Å². The van der Waals surface area contributed by atoms with Gasteiger partial charge in [-0.15, -0.1) is 0 Å². The van der Waals surface area contributed by atoms with Crippen LogP contribution in [0.4, 0.5) is 5.69 Å². The molecule has 3 N–H and O–H groups in total. The Morgan fingerprint density at radius 1 is 1.42 bits per heavy atom. The molecule has 8 heteroatoms. The van der Waals surface area contributed by atoms with Crippen molar-refractivity contribution in [3.05, 3.63) is 22.2 Å². The van der Waals surface area contributed by atoms with Crippen molar-refractivity contribution in [2.75, 3.05) is 24.3 Å². The number of nitrogens with one attached hydrogen (secondary N) is 1. The SMILES string of the molecule is CSCC(C)CNS(=O)(=O)c1ccc(Cl)c(N)c1Cl. The molecule has 1 atom stereocenters. The van der Waals surface area contributed by atoms with Crippen LogP contribution in [0.2, 0.25) is 10.0 Å². The molecule has 1 aromatic carbocycles. The number of nitrogens with two attached hydrogens (primary N) is 1. The first-order valence-corrected chi connectivity index (χ1v) is 9.15. The van der Waals surface area contributed by atoms with E-state index in [9.17, 15) is 8.42 Å². The topological polar surface area (TPSA) is 72.2 Å². The van der Waals surface area contributed by atoms with Crippen molar-refractivity contribution < 1.29 is 8.42 Å². The Morgan fingerprint density at radius 2 is 2.05 bits per heavy atom. The van der Waals surface area contributed by atoms with Gasteiger partial charge in [-0.1, -0.05) is 30.1 Å². The summed E-state index contributed by atoms with van der Waals surface area (Å²) in [5.74, 6) is 1.10. The minimum Gasteiger partial charge on any atom is -0.396 e. The molecule has 0 saturated carbocycles. The Labute approximate surface area is 128 Å². The lowest BCUT2D eigenvalue weighted by molar-refractivity contribution is 0.563. The summed E-state index contributed by atoms with van der Waals surface area (Å²) in [6, 6.07) is 2.77. The molecule has 1 rings (SSSR count). The van der Waals surface area contributed by atoms with Crippen LogP contribution in [0.1, 0.15) is 6.92 Å². The average molecular weight is 343 g/mol. The maximum absolute atomic E-state index is 12.1. The van der Waals surface area contributed by atoms with Gasteiger partial charge in [0.1, 0.15) is 4.90 Å². The number of benzene rings is 1. The standard InChI is InChI=1S/C11H16Cl2N2O2S2/c1-7(6-18-2)5-15-19(16,17)9-4-3-8(12)11(14)10(9)13/h3-4,7,15H,5-6,14H2,1-2H3. The van der Waals surface area contributed by atoms with Crippen molar-refractivity contribution in [3.63, 3.8) is 0 Å². The van der Waals surface area contributed by atoms with Gasteiger partial charge in [-0.25, -0.2) is 13.1 Å². The average Bonchev–Trinajstić information content (AvgIpc) is 2.34. The number of rotatable bonds is 6. The second-order valence-corrected chi connectivity index (χ2v) is 7.62. The maximum Gasteiger partial charge on any atom is 0.242 e. The predicted octanol–water partition coefficient (Wildman–Crippen LogP) is 2.85. The van der Waals surface area contributed by atoms with Gasteiger partial charge in [0.25, 0.3) is 0 Å². The Bertz CT molecular complexity index is 550. The zero-order valence-electron chi connectivity index (χ0n) is 10.6. The van der Waals surface area contributed by atoms with E-state index in [-0.39, 0.29) is 26.5 Å². The summed E-state index contributed by atoms with van der Waals surface area (Å²) in [5, 5.41) is 0.192. The fourth-order valence-electron chi connectivity index (χ4n) is 1.43. The Kier molecular flexibility index (Phi) is 6.26. The number of halogens is 2. The Hall–Kier alpha value is -0.140. The van der Waals surface area contributed by atoms with Gasteiger partial charge in [0, 0.05) is 6.54 Å². The lowest BCUT2D eigenvalue weighted by Gasteiger charge is -2.13. The fourth-order valence-corrected chi connectivity index (χ4v) is 4.04. The molecule has 0 heterocycles. The van der Waals surface area contributed by atoms with Crippen LogP contribution in [-0.2, 0) is 10.0 Å². The third-order valence-electron chi connectivity index (χ3n) is 2.45. The van der Waals surface area contributed by atoms with Crippen LogP contribution in [-0.4, -0.2) is 27.0 Å². The van der Waals surface area contributed by atoms with E-state index in [2.05, 4.69) is 4.72 Å². The van der Waals surface area contributed by atoms with Crippen molar-refractivity contribution in [1.82, 2.24) is 4.72 Å². The molecule has 0 aliphatic rings. The van der Waals surface area contributed by atoms with Gasteiger partial charge in [-0.2, -0.15) is 11.8 Å². The highest BCUT2D eigenvalue weighted by molar-refractivity contribution is 7.98. The van der Waals surface area contributed by atoms with Crippen molar-refractivity contribution in [3.8, 4) is 0 Å². The van der Waals surface area contributed by atoms with Crippen LogP contribution in [0, 0.1) is 5.92 Å². The molecule has 4 nitrogen and oxygen atoms in total. The number of hydrogen-bond acceptors (Lipinski definition) is 4. The van der Waals surface area contributed by atoms with Crippen LogP contribution in [0.5, 0.6) is 0 Å². The largest absolute Gasteiger partial charge is 0.396 e. The zero-order chi connectivity index (χ0) is 14.6. The Morgan fingerprint density at radius 3 is 2.63 bits per heavy atom. The number of sulfonamides is 1. The van der Waals surface area contributed by atoms with E-state index >= 15 is 0 Å². The first-order chi connectivity index (χ1) is 8.79. The van der Waals surface area contributed by atoms with E-state index in [4.69, 9.17) is 28.9 Å². The zero-order valence-corrected chi connectivity index (χ0v) is 13.8. The molecule has 108 valence electrons. The highest BCUT2D eigenvalue weighted by Crippen LogP contribution is 2.32. The monoisotopic (exact) mass is 342 g/mol. The second kappa shape index (κ2) is 7.04. The highest BCUT2D eigenvalue weighted by Gasteiger charge is 2.21. The smallest absolute Gasteiger partial charge is 0.242 e. The van der Waals surface area contributed by atoms with Crippen LogP contribution in [0.15, 0.2) is 17.0 Å². The first kappa shape index (κ1) is 16.9. The molecule has 0 saturated heterocycles. The minimum absolute atomic E-state index is 0.0440. The van der Waals surface area contributed by atoms with Crippen molar-refractivity contribution in [2.24, 2.45) is 5.92 Å². The molecule has 0 radical (unpaired) electrons. The third-order valence-corrected chi connectivity index (χ3v) is 5.67. The number of anilines is 1. The van der Waals surface area contributed by atoms with E-state index in [0.29, 0.717) is 6.54 Å². The highest BCUT2D eigenvalue weighted by atomic mass is 35.5. The van der Waals surface area contributed by atoms with Crippen molar-refractivity contribution in [2.45, 2.75) is 11.8 Å². The summed E-state index contributed by atoms with van der Waals surface area (Å²) in [7, 11) is -3.67. The first-order valence-electron chi connectivity index (χ1n) is 5.51. The van der Waals surface area contributed by atoms with Gasteiger partial charge in [-0.3, -0.25) is 0 Å². The van der Waals surface area contributed by atoms with E-state index in [1.807, 2.05) is 13.2 Å². The molecule has 0 spiro atoms. The lowest BCUT2D eigenvalue weighted by Crippen LogP contribution is -2.29. The van der Waals surface area contributed by atoms with Gasteiger partial charge >= 0.3 is 0 Å². The molecular weight excluding hydrogens is 327 g/mol. The molecule has 0 bridgehead atoms. The van der Waals surface area contributed by atoms with Gasteiger partial charge in [0.05, 0.1) is 15.7 Å². The van der Waals surface area contributed by atoms with E-state index in [1.165, 1.54) is 12.1 Å². The van der Waals surface area contributed by atoms with E-state index in [0.717, 1.165) is 5.75 Å². The van der Waals surface area contributed by atoms with Gasteiger partial charge in [-0.05, 0) is 30.1 Å². The summed E-state index contributed by atoms with van der Waals surface area (Å²) in [6.45, 7) is 2.32. The maximum atomic E-state index is 12.1. The Balaban J connectivity index is 2.92. The quantitative estimate of drug-likeness (QED) is 0.779. The third kappa shape index (κ3) is 4.43. The molecular formula is C11H16Cl2N2O2S2. The molecule has 0 aliphatic heterocycles. The number of hydrogen-bond donors (Lipinski definition) is 2. The van der Waals surface area contributed by atoms with Crippen LogP contribution in [0.3, 0.4) is 0 Å². The summed E-state index contributed by atoms with van der Waals surface area (Å²) >= 11 is 13.4. The van der Waals surface area contributed by atoms with E-state index < -0.39 is 10.0 Å². The summed E-state index contributed by atoms with van der Waals surface area (Å²) < 4.78 is 26.8. The van der Waals surface area contributed by atoms with Gasteiger partial charge in [0.2, 0.25) is 10.0 Å². The summed E-state index contributed by atoms with van der Waals surface area (Å²) in [4.78, 5) is -0.0487. The normalized spacial score (nSPS) is 13.5. The van der Waals surface area contributed by atoms with Crippen molar-refractivity contribution >= 4 is 50.7 Å². The second-order valence-electron chi connectivity index (χ2n) is 4.19. The summed E-state index contributed by atoms with van der Waals surface area (Å²) in [5.41, 5.74) is 5.70. The fraction of sp³-hybridized carbons (Fsp3) is 0.455. The molecule has 19 heavy (non-hydrogen) atoms. The minimum atomic E-state index is -3.67. The van der Waals surface area contributed by atoms with Gasteiger partial charge < -0.3 is 5.73 Å². The lowest BCUT2D eigenvalue weighted by atomic mass is 10.2. The van der Waals surface area contributed by atoms with Gasteiger partial charge in [0.15, 0.2) is 0 Å². The number of nitrogen functional groups attached to an aromatic ring is 1. The van der Waals surface area contributed by atoms with Crippen LogP contribution < -0.4 is 10.5 Å².